The topological polar surface area (TPSA) is 121 Å². The molecule has 1 aliphatic heterocycles. The second-order valence-corrected chi connectivity index (χ2v) is 11.3. The van der Waals surface area contributed by atoms with E-state index >= 15 is 0 Å². The summed E-state index contributed by atoms with van der Waals surface area (Å²) in [5, 5.41) is 19.8. The molecule has 0 spiro atoms. The Bertz CT molecular complexity index is 1400. The molecule has 0 radical (unpaired) electrons. The molecule has 0 saturated carbocycles. The Morgan fingerprint density at radius 2 is 1.89 bits per heavy atom. The minimum Gasteiger partial charge on any atom is -0.392 e. The Morgan fingerprint density at radius 3 is 2.44 bits per heavy atom. The smallest absolute Gasteiger partial charge is 0.392 e. The van der Waals surface area contributed by atoms with Gasteiger partial charge < -0.3 is 19.7 Å². The maximum atomic E-state index is 13.8. The number of fused-ring (bicyclic) bond motifs is 3. The maximum Gasteiger partial charge on any atom is 0.433 e. The molecular weight excluding hydrogens is 499 g/mol. The third-order valence-electron chi connectivity index (χ3n) is 6.40. The molecule has 1 unspecified atom stereocenters. The lowest BCUT2D eigenvalue weighted by Crippen LogP contribution is -2.42. The lowest BCUT2D eigenvalue weighted by molar-refractivity contribution is -0.142. The summed E-state index contributed by atoms with van der Waals surface area (Å²) in [4.78, 5) is 14.4. The molecule has 9 nitrogen and oxygen atoms in total. The second kappa shape index (κ2) is 9.27. The van der Waals surface area contributed by atoms with E-state index in [0.29, 0.717) is 23.4 Å². The molecular formula is C23H28F3N5O4S. The first-order valence-electron chi connectivity index (χ1n) is 11.5. The number of benzene rings is 1. The van der Waals surface area contributed by atoms with Gasteiger partial charge in [-0.3, -0.25) is 0 Å². The Labute approximate surface area is 206 Å². The summed E-state index contributed by atoms with van der Waals surface area (Å²) < 4.78 is 67.9. The fourth-order valence-electron chi connectivity index (χ4n) is 4.72. The first-order chi connectivity index (χ1) is 16.8. The zero-order valence-electron chi connectivity index (χ0n) is 20.3. The molecule has 3 aromatic rings. The monoisotopic (exact) mass is 527 g/mol. The SMILES string of the molecule is CCC(O)c1cnc(N2CCn3c(nc4cc(CO)c(S(C)(=O)=O)cc43)[C@@H]2C(C)C)nc1C(F)(F)F. The number of rotatable bonds is 6. The van der Waals surface area contributed by atoms with Crippen LogP contribution < -0.4 is 4.90 Å². The lowest BCUT2D eigenvalue weighted by Gasteiger charge is -2.38. The number of aliphatic hydroxyl groups is 2. The average molecular weight is 528 g/mol. The van der Waals surface area contributed by atoms with E-state index in [2.05, 4.69) is 9.97 Å². The Kier molecular flexibility index (Phi) is 6.77. The van der Waals surface area contributed by atoms with Gasteiger partial charge in [0.2, 0.25) is 5.95 Å². The van der Waals surface area contributed by atoms with Crippen molar-refractivity contribution in [3.63, 3.8) is 0 Å². The van der Waals surface area contributed by atoms with Crippen molar-refractivity contribution in [3.05, 3.63) is 41.0 Å². The number of hydrogen-bond acceptors (Lipinski definition) is 8. The van der Waals surface area contributed by atoms with Gasteiger partial charge in [0.1, 0.15) is 5.82 Å². The van der Waals surface area contributed by atoms with Gasteiger partial charge in [0, 0.05) is 31.1 Å². The number of hydrogen-bond donors (Lipinski definition) is 2. The van der Waals surface area contributed by atoms with E-state index in [1.807, 2.05) is 18.4 Å². The van der Waals surface area contributed by atoms with Crippen LogP contribution in [0.5, 0.6) is 0 Å². The van der Waals surface area contributed by atoms with Crippen LogP contribution in [0, 0.1) is 5.92 Å². The van der Waals surface area contributed by atoms with Crippen LogP contribution in [-0.2, 0) is 29.2 Å². The maximum absolute atomic E-state index is 13.8. The average Bonchev–Trinajstić information content (AvgIpc) is 3.17. The van der Waals surface area contributed by atoms with Crippen molar-refractivity contribution in [1.29, 1.82) is 0 Å². The largest absolute Gasteiger partial charge is 0.433 e. The molecule has 3 heterocycles. The van der Waals surface area contributed by atoms with Crippen molar-refractivity contribution in [3.8, 4) is 0 Å². The van der Waals surface area contributed by atoms with Crippen LogP contribution in [0.4, 0.5) is 19.1 Å². The Hall–Kier alpha value is -2.77. The van der Waals surface area contributed by atoms with E-state index in [1.165, 1.54) is 12.1 Å². The van der Waals surface area contributed by atoms with Crippen molar-refractivity contribution < 1.29 is 31.8 Å². The van der Waals surface area contributed by atoms with Gasteiger partial charge in [0.15, 0.2) is 15.5 Å². The highest BCUT2D eigenvalue weighted by atomic mass is 32.2. The summed E-state index contributed by atoms with van der Waals surface area (Å²) in [6.45, 7) is 5.44. The number of imidazole rings is 1. The molecule has 196 valence electrons. The van der Waals surface area contributed by atoms with E-state index in [9.17, 15) is 31.8 Å². The molecule has 0 saturated heterocycles. The molecule has 2 N–H and O–H groups in total. The molecule has 0 amide bonds. The number of aromatic nitrogens is 4. The molecule has 2 aromatic heterocycles. The van der Waals surface area contributed by atoms with Crippen molar-refractivity contribution in [2.75, 3.05) is 17.7 Å². The van der Waals surface area contributed by atoms with Crippen LogP contribution in [0.2, 0.25) is 0 Å². The quantitative estimate of drug-likeness (QED) is 0.500. The van der Waals surface area contributed by atoms with Crippen LogP contribution in [0.25, 0.3) is 11.0 Å². The number of halogens is 3. The number of nitrogens with zero attached hydrogens (tertiary/aromatic N) is 5. The van der Waals surface area contributed by atoms with Gasteiger partial charge in [-0.25, -0.2) is 23.4 Å². The van der Waals surface area contributed by atoms with Crippen LogP contribution in [0.15, 0.2) is 23.2 Å². The highest BCUT2D eigenvalue weighted by molar-refractivity contribution is 7.90. The zero-order valence-corrected chi connectivity index (χ0v) is 21.1. The fraction of sp³-hybridized carbons (Fsp3) is 0.522. The minimum atomic E-state index is -4.78. The van der Waals surface area contributed by atoms with Crippen molar-refractivity contribution in [2.24, 2.45) is 5.92 Å². The molecule has 1 aromatic carbocycles. The fourth-order valence-corrected chi connectivity index (χ4v) is 5.65. The van der Waals surface area contributed by atoms with Gasteiger partial charge in [-0.15, -0.1) is 0 Å². The van der Waals surface area contributed by atoms with Gasteiger partial charge in [0.05, 0.1) is 34.7 Å². The van der Waals surface area contributed by atoms with Gasteiger partial charge in [0.25, 0.3) is 0 Å². The standard InChI is InChI=1S/C23H28F3N5O4S/c1-5-17(33)14-10-27-22(29-20(14)23(24,25)26)31-7-6-30-16-9-18(36(4,34)35)13(11-32)8-15(16)28-21(30)19(31)12(2)3/h8-10,12,17,19,32-33H,5-7,11H2,1-4H3/t17?,19-/m0/s1. The van der Waals surface area contributed by atoms with Gasteiger partial charge in [-0.1, -0.05) is 20.8 Å². The number of sulfone groups is 1. The normalized spacial score (nSPS) is 17.6. The van der Waals surface area contributed by atoms with Crippen LogP contribution >= 0.6 is 0 Å². The summed E-state index contributed by atoms with van der Waals surface area (Å²) in [6.07, 6.45) is -3.94. The Morgan fingerprint density at radius 1 is 1.19 bits per heavy atom. The summed E-state index contributed by atoms with van der Waals surface area (Å²) in [7, 11) is -3.62. The highest BCUT2D eigenvalue weighted by Crippen LogP contribution is 2.39. The molecule has 13 heteroatoms. The number of aliphatic hydroxyl groups excluding tert-OH is 2. The molecule has 1 aliphatic rings. The predicted octanol–water partition coefficient (Wildman–Crippen LogP) is 3.40. The minimum absolute atomic E-state index is 0.00643. The Balaban J connectivity index is 1.87. The number of anilines is 1. The summed E-state index contributed by atoms with van der Waals surface area (Å²) in [5.41, 5.74) is -0.280. The van der Waals surface area contributed by atoms with Gasteiger partial charge in [-0.05, 0) is 30.0 Å². The first-order valence-corrected chi connectivity index (χ1v) is 13.4. The van der Waals surface area contributed by atoms with E-state index in [-0.39, 0.29) is 40.9 Å². The summed E-state index contributed by atoms with van der Waals surface area (Å²) in [5.74, 6) is 0.293. The van der Waals surface area contributed by atoms with Crippen molar-refractivity contribution >= 4 is 26.8 Å². The molecule has 0 bridgehead atoms. The third-order valence-corrected chi connectivity index (χ3v) is 7.58. The van der Waals surface area contributed by atoms with Crippen molar-refractivity contribution in [2.45, 2.75) is 63.6 Å². The van der Waals surface area contributed by atoms with E-state index < -0.39 is 40.5 Å². The van der Waals surface area contributed by atoms with E-state index in [4.69, 9.17) is 4.98 Å². The zero-order chi connectivity index (χ0) is 26.6. The van der Waals surface area contributed by atoms with Crippen LogP contribution in [-0.4, -0.2) is 51.0 Å². The van der Waals surface area contributed by atoms with Crippen LogP contribution in [0.3, 0.4) is 0 Å². The predicted molar refractivity (Wildman–Crippen MR) is 126 cm³/mol. The second-order valence-electron chi connectivity index (χ2n) is 9.28. The summed E-state index contributed by atoms with van der Waals surface area (Å²) >= 11 is 0. The van der Waals surface area contributed by atoms with Crippen molar-refractivity contribution in [1.82, 2.24) is 19.5 Å². The third kappa shape index (κ3) is 4.55. The lowest BCUT2D eigenvalue weighted by atomic mass is 10.00. The molecule has 2 atom stereocenters. The van der Waals surface area contributed by atoms with Gasteiger partial charge in [-0.2, -0.15) is 13.2 Å². The first kappa shape index (κ1) is 26.3. The summed E-state index contributed by atoms with van der Waals surface area (Å²) in [6, 6.07) is 2.50. The number of alkyl halides is 3. The molecule has 36 heavy (non-hydrogen) atoms. The van der Waals surface area contributed by atoms with Crippen LogP contribution in [0.1, 0.15) is 62.0 Å². The van der Waals surface area contributed by atoms with Gasteiger partial charge >= 0.3 is 6.18 Å². The molecule has 0 fully saturated rings. The molecule has 0 aliphatic carbocycles. The highest BCUT2D eigenvalue weighted by Gasteiger charge is 2.40. The molecule has 4 rings (SSSR count). The van der Waals surface area contributed by atoms with E-state index in [1.54, 1.807) is 11.8 Å². The van der Waals surface area contributed by atoms with E-state index in [0.717, 1.165) is 12.5 Å².